The van der Waals surface area contributed by atoms with Crippen molar-refractivity contribution >= 4 is 5.91 Å². The van der Waals surface area contributed by atoms with Gasteiger partial charge in [-0.3, -0.25) is 4.79 Å². The number of amides is 1. The Morgan fingerprint density at radius 3 is 2.60 bits per heavy atom. The van der Waals surface area contributed by atoms with E-state index in [1.807, 2.05) is 0 Å². The average molecular weight is 209 g/mol. The van der Waals surface area contributed by atoms with Crippen LogP contribution in [-0.4, -0.2) is 23.4 Å². The van der Waals surface area contributed by atoms with Crippen molar-refractivity contribution in [2.75, 3.05) is 6.54 Å². The molecule has 2 heteroatoms. The van der Waals surface area contributed by atoms with Crippen LogP contribution in [0.2, 0.25) is 0 Å². The predicted octanol–water partition coefficient (Wildman–Crippen LogP) is 2.82. The number of carbonyl (C=O) groups is 1. The van der Waals surface area contributed by atoms with Crippen molar-refractivity contribution in [3.8, 4) is 0 Å². The van der Waals surface area contributed by atoms with Gasteiger partial charge in [0.1, 0.15) is 0 Å². The summed E-state index contributed by atoms with van der Waals surface area (Å²) in [5.41, 5.74) is 0.0394. The first-order chi connectivity index (χ1) is 7.12. The third-order valence-corrected chi connectivity index (χ3v) is 4.43. The Kier molecular flexibility index (Phi) is 2.78. The lowest BCUT2D eigenvalue weighted by atomic mass is 9.90. The zero-order valence-corrected chi connectivity index (χ0v) is 10.3. The molecule has 1 saturated carbocycles. The monoisotopic (exact) mass is 209 g/mol. The van der Waals surface area contributed by atoms with Gasteiger partial charge in [-0.15, -0.1) is 0 Å². The van der Waals surface area contributed by atoms with E-state index in [1.54, 1.807) is 0 Å². The van der Waals surface area contributed by atoms with Crippen LogP contribution in [0, 0.1) is 11.3 Å². The van der Waals surface area contributed by atoms with Crippen LogP contribution >= 0.6 is 0 Å². The number of likely N-dealkylation sites (tertiary alicyclic amines) is 1. The maximum atomic E-state index is 12.5. The van der Waals surface area contributed by atoms with Crippen LogP contribution in [0.5, 0.6) is 0 Å². The van der Waals surface area contributed by atoms with Crippen molar-refractivity contribution < 1.29 is 4.79 Å². The second kappa shape index (κ2) is 3.80. The zero-order valence-electron chi connectivity index (χ0n) is 10.3. The zero-order chi connectivity index (χ0) is 11.1. The van der Waals surface area contributed by atoms with Gasteiger partial charge < -0.3 is 4.90 Å². The summed E-state index contributed by atoms with van der Waals surface area (Å²) in [6.45, 7) is 7.60. The molecule has 0 aromatic rings. The number of nitrogens with zero attached hydrogens (tertiary/aromatic N) is 1. The molecule has 0 aromatic carbocycles. The van der Waals surface area contributed by atoms with E-state index in [1.165, 1.54) is 12.8 Å². The van der Waals surface area contributed by atoms with Crippen LogP contribution in [0.15, 0.2) is 0 Å². The molecule has 2 nitrogen and oxygen atoms in total. The van der Waals surface area contributed by atoms with Crippen molar-refractivity contribution in [3.05, 3.63) is 0 Å². The van der Waals surface area contributed by atoms with Crippen molar-refractivity contribution in [2.24, 2.45) is 11.3 Å². The quantitative estimate of drug-likeness (QED) is 0.700. The Morgan fingerprint density at radius 1 is 1.47 bits per heavy atom. The molecule has 0 aromatic heterocycles. The van der Waals surface area contributed by atoms with Crippen molar-refractivity contribution in [1.29, 1.82) is 0 Å². The van der Waals surface area contributed by atoms with Gasteiger partial charge in [0.05, 0.1) is 5.41 Å². The predicted molar refractivity (Wildman–Crippen MR) is 61.5 cm³/mol. The standard InChI is InChI=1S/C13H23NO/c1-4-11-6-5-9-14(11)12(15)13(7-8-13)10(2)3/h10-11H,4-9H2,1-3H3. The molecule has 1 atom stereocenters. The lowest BCUT2D eigenvalue weighted by Crippen LogP contribution is -2.42. The lowest BCUT2D eigenvalue weighted by Gasteiger charge is -2.30. The Balaban J connectivity index is 2.08. The Labute approximate surface area is 93.0 Å². The minimum absolute atomic E-state index is 0.0394. The smallest absolute Gasteiger partial charge is 0.229 e. The molecule has 86 valence electrons. The molecule has 2 aliphatic rings. The SMILES string of the molecule is CCC1CCCN1C(=O)C1(C(C)C)CC1. The van der Waals surface area contributed by atoms with Gasteiger partial charge in [0, 0.05) is 12.6 Å². The van der Waals surface area contributed by atoms with Crippen LogP contribution in [0.3, 0.4) is 0 Å². The van der Waals surface area contributed by atoms with Crippen LogP contribution in [-0.2, 0) is 4.79 Å². The highest BCUT2D eigenvalue weighted by Crippen LogP contribution is 2.53. The first kappa shape index (κ1) is 11.0. The summed E-state index contributed by atoms with van der Waals surface area (Å²) < 4.78 is 0. The summed E-state index contributed by atoms with van der Waals surface area (Å²) in [5, 5.41) is 0. The normalized spacial score (nSPS) is 28.5. The van der Waals surface area contributed by atoms with E-state index in [0.717, 1.165) is 25.8 Å². The molecule has 1 amide bonds. The van der Waals surface area contributed by atoms with E-state index in [4.69, 9.17) is 0 Å². The third kappa shape index (κ3) is 1.68. The van der Waals surface area contributed by atoms with Gasteiger partial charge in [-0.1, -0.05) is 20.8 Å². The second-order valence-electron chi connectivity index (χ2n) is 5.51. The minimum Gasteiger partial charge on any atom is -0.339 e. The van der Waals surface area contributed by atoms with E-state index in [9.17, 15) is 4.79 Å². The van der Waals surface area contributed by atoms with Gasteiger partial charge in [-0.2, -0.15) is 0 Å². The van der Waals surface area contributed by atoms with Crippen LogP contribution in [0.25, 0.3) is 0 Å². The summed E-state index contributed by atoms with van der Waals surface area (Å²) in [6.07, 6.45) is 5.79. The molecule has 1 unspecified atom stereocenters. The third-order valence-electron chi connectivity index (χ3n) is 4.43. The summed E-state index contributed by atoms with van der Waals surface area (Å²) in [6, 6.07) is 0.536. The topological polar surface area (TPSA) is 20.3 Å². The van der Waals surface area contributed by atoms with E-state index in [2.05, 4.69) is 25.7 Å². The van der Waals surface area contributed by atoms with Crippen LogP contribution in [0.4, 0.5) is 0 Å². The van der Waals surface area contributed by atoms with Gasteiger partial charge in [0.15, 0.2) is 0 Å². The van der Waals surface area contributed by atoms with Gasteiger partial charge in [-0.25, -0.2) is 0 Å². The lowest BCUT2D eigenvalue weighted by molar-refractivity contribution is -0.139. The van der Waals surface area contributed by atoms with Crippen LogP contribution < -0.4 is 0 Å². The summed E-state index contributed by atoms with van der Waals surface area (Å²) >= 11 is 0. The number of carbonyl (C=O) groups excluding carboxylic acids is 1. The number of rotatable bonds is 3. The maximum Gasteiger partial charge on any atom is 0.229 e. The highest BCUT2D eigenvalue weighted by atomic mass is 16.2. The van der Waals surface area contributed by atoms with E-state index in [0.29, 0.717) is 17.9 Å². The fourth-order valence-corrected chi connectivity index (χ4v) is 2.99. The highest BCUT2D eigenvalue weighted by molar-refractivity contribution is 5.86. The molecular formula is C13H23NO. The number of hydrogen-bond donors (Lipinski definition) is 0. The number of hydrogen-bond acceptors (Lipinski definition) is 1. The fourth-order valence-electron chi connectivity index (χ4n) is 2.99. The van der Waals surface area contributed by atoms with Crippen LogP contribution in [0.1, 0.15) is 52.9 Å². The molecule has 0 spiro atoms. The van der Waals surface area contributed by atoms with Crippen molar-refractivity contribution in [3.63, 3.8) is 0 Å². The Bertz CT molecular complexity index is 255. The van der Waals surface area contributed by atoms with Crippen molar-refractivity contribution in [1.82, 2.24) is 4.90 Å². The second-order valence-corrected chi connectivity index (χ2v) is 5.51. The molecule has 0 N–H and O–H groups in total. The molecule has 0 radical (unpaired) electrons. The average Bonchev–Trinajstić information content (AvgIpc) is 2.89. The molecule has 1 saturated heterocycles. The van der Waals surface area contributed by atoms with Gasteiger partial charge in [0.25, 0.3) is 0 Å². The highest BCUT2D eigenvalue weighted by Gasteiger charge is 2.54. The summed E-state index contributed by atoms with van der Waals surface area (Å²) in [7, 11) is 0. The molecule has 1 aliphatic carbocycles. The van der Waals surface area contributed by atoms with E-state index < -0.39 is 0 Å². The minimum atomic E-state index is 0.0394. The van der Waals surface area contributed by atoms with Gasteiger partial charge in [0.2, 0.25) is 5.91 Å². The first-order valence-corrected chi connectivity index (χ1v) is 6.43. The van der Waals surface area contributed by atoms with Crippen molar-refractivity contribution in [2.45, 2.75) is 58.9 Å². The van der Waals surface area contributed by atoms with Gasteiger partial charge >= 0.3 is 0 Å². The largest absolute Gasteiger partial charge is 0.339 e. The first-order valence-electron chi connectivity index (χ1n) is 6.43. The molecule has 1 heterocycles. The molecule has 2 rings (SSSR count). The maximum absolute atomic E-state index is 12.5. The molecule has 1 aliphatic heterocycles. The van der Waals surface area contributed by atoms with E-state index >= 15 is 0 Å². The Hall–Kier alpha value is -0.530. The molecule has 0 bridgehead atoms. The Morgan fingerprint density at radius 2 is 2.13 bits per heavy atom. The summed E-state index contributed by atoms with van der Waals surface area (Å²) in [5.74, 6) is 0.977. The molecule has 2 fully saturated rings. The van der Waals surface area contributed by atoms with Gasteiger partial charge in [-0.05, 0) is 38.0 Å². The molecule has 15 heavy (non-hydrogen) atoms. The molecular weight excluding hydrogens is 186 g/mol. The fraction of sp³-hybridized carbons (Fsp3) is 0.923. The van der Waals surface area contributed by atoms with E-state index in [-0.39, 0.29) is 5.41 Å². The summed E-state index contributed by atoms with van der Waals surface area (Å²) in [4.78, 5) is 14.6.